The minimum atomic E-state index is -3.34. The number of nitrogens with one attached hydrogen (secondary N) is 1. The molecular weight excluding hydrogens is 284 g/mol. The second-order valence-electron chi connectivity index (χ2n) is 5.60. The summed E-state index contributed by atoms with van der Waals surface area (Å²) in [6, 6.07) is 7.32. The van der Waals surface area contributed by atoms with Crippen molar-refractivity contribution >= 4 is 10.0 Å². The van der Waals surface area contributed by atoms with Crippen molar-refractivity contribution in [2.75, 3.05) is 19.6 Å². The molecule has 0 bridgehead atoms. The summed E-state index contributed by atoms with van der Waals surface area (Å²) in [6.07, 6.45) is 5.43. The summed E-state index contributed by atoms with van der Waals surface area (Å²) in [6.45, 7) is 4.93. The molecule has 2 rings (SSSR count). The molecule has 0 amide bonds. The molecule has 0 radical (unpaired) electrons. The number of rotatable bonds is 5. The fraction of sp³-hybridized carbons (Fsp3) is 0.625. The quantitative estimate of drug-likeness (QED) is 0.910. The van der Waals surface area contributed by atoms with Gasteiger partial charge < -0.3 is 5.32 Å². The Morgan fingerprint density at radius 2 is 1.76 bits per heavy atom. The van der Waals surface area contributed by atoms with Crippen LogP contribution >= 0.6 is 0 Å². The Morgan fingerprint density at radius 3 is 2.43 bits per heavy atom. The number of nitrogens with zero attached hydrogens (tertiary/aromatic N) is 1. The molecule has 1 N–H and O–H groups in total. The summed E-state index contributed by atoms with van der Waals surface area (Å²) in [4.78, 5) is 0.429. The van der Waals surface area contributed by atoms with Crippen LogP contribution in [0.1, 0.15) is 44.6 Å². The maximum atomic E-state index is 12.8. The molecule has 1 aliphatic heterocycles. The van der Waals surface area contributed by atoms with Crippen LogP contribution in [0.15, 0.2) is 29.2 Å². The molecule has 5 heteroatoms. The van der Waals surface area contributed by atoms with E-state index in [-0.39, 0.29) is 0 Å². The van der Waals surface area contributed by atoms with E-state index in [0.717, 1.165) is 37.8 Å². The van der Waals surface area contributed by atoms with Crippen LogP contribution in [0.3, 0.4) is 0 Å². The molecule has 1 heterocycles. The predicted octanol–water partition coefficient (Wildman–Crippen LogP) is 2.75. The Balaban J connectivity index is 2.17. The first-order valence-electron chi connectivity index (χ1n) is 7.94. The summed E-state index contributed by atoms with van der Waals surface area (Å²) >= 11 is 0. The average molecular weight is 310 g/mol. The molecule has 0 aromatic heterocycles. The molecule has 0 spiro atoms. The van der Waals surface area contributed by atoms with Gasteiger partial charge in [-0.3, -0.25) is 0 Å². The van der Waals surface area contributed by atoms with Crippen molar-refractivity contribution in [2.45, 2.75) is 50.5 Å². The molecular formula is C16H26N2O2S. The highest BCUT2D eigenvalue weighted by molar-refractivity contribution is 7.89. The maximum absolute atomic E-state index is 12.8. The van der Waals surface area contributed by atoms with E-state index in [4.69, 9.17) is 0 Å². The summed E-state index contributed by atoms with van der Waals surface area (Å²) in [5.41, 5.74) is 1.02. The van der Waals surface area contributed by atoms with Crippen LogP contribution in [-0.4, -0.2) is 32.4 Å². The Kier molecular flexibility index (Phi) is 6.21. The standard InChI is InChI=1S/C16H26N2O2S/c1-2-17-14-15-9-8-10-16(13-15)21(19,20)18-11-6-4-3-5-7-12-18/h8-10,13,17H,2-7,11-12,14H2,1H3. The third-order valence-electron chi connectivity index (χ3n) is 3.93. The summed E-state index contributed by atoms with van der Waals surface area (Å²) < 4.78 is 27.2. The van der Waals surface area contributed by atoms with Crippen molar-refractivity contribution in [3.05, 3.63) is 29.8 Å². The second-order valence-corrected chi connectivity index (χ2v) is 7.54. The van der Waals surface area contributed by atoms with Gasteiger partial charge in [-0.05, 0) is 37.1 Å². The molecule has 1 aromatic carbocycles. The molecule has 21 heavy (non-hydrogen) atoms. The molecule has 118 valence electrons. The van der Waals surface area contributed by atoms with Crippen LogP contribution in [0.5, 0.6) is 0 Å². The van der Waals surface area contributed by atoms with Gasteiger partial charge in [0.15, 0.2) is 0 Å². The van der Waals surface area contributed by atoms with Crippen molar-refractivity contribution in [1.82, 2.24) is 9.62 Å². The van der Waals surface area contributed by atoms with Crippen molar-refractivity contribution in [3.8, 4) is 0 Å². The molecule has 1 aliphatic rings. The molecule has 0 atom stereocenters. The Labute approximate surface area is 128 Å². The lowest BCUT2D eigenvalue weighted by Gasteiger charge is -2.24. The van der Waals surface area contributed by atoms with Crippen LogP contribution in [0.2, 0.25) is 0 Å². The van der Waals surface area contributed by atoms with Crippen molar-refractivity contribution in [3.63, 3.8) is 0 Å². The van der Waals surface area contributed by atoms with Gasteiger partial charge >= 0.3 is 0 Å². The molecule has 1 saturated heterocycles. The van der Waals surface area contributed by atoms with E-state index in [9.17, 15) is 8.42 Å². The predicted molar refractivity (Wildman–Crippen MR) is 85.7 cm³/mol. The number of benzene rings is 1. The fourth-order valence-electron chi connectivity index (χ4n) is 2.69. The summed E-state index contributed by atoms with van der Waals surface area (Å²) in [5.74, 6) is 0. The number of hydrogen-bond acceptors (Lipinski definition) is 3. The summed E-state index contributed by atoms with van der Waals surface area (Å²) in [5, 5.41) is 3.23. The maximum Gasteiger partial charge on any atom is 0.243 e. The lowest BCUT2D eigenvalue weighted by molar-refractivity contribution is 0.364. The minimum Gasteiger partial charge on any atom is -0.313 e. The molecule has 1 fully saturated rings. The fourth-order valence-corrected chi connectivity index (χ4v) is 4.28. The summed E-state index contributed by atoms with van der Waals surface area (Å²) in [7, 11) is -3.34. The largest absolute Gasteiger partial charge is 0.313 e. The van der Waals surface area contributed by atoms with E-state index < -0.39 is 10.0 Å². The van der Waals surface area contributed by atoms with Crippen LogP contribution < -0.4 is 5.32 Å². The molecule has 0 unspecified atom stereocenters. The zero-order valence-electron chi connectivity index (χ0n) is 12.8. The lowest BCUT2D eigenvalue weighted by atomic mass is 10.1. The van der Waals surface area contributed by atoms with Gasteiger partial charge in [0.1, 0.15) is 0 Å². The van der Waals surface area contributed by atoms with E-state index in [2.05, 4.69) is 5.32 Å². The average Bonchev–Trinajstić information content (AvgIpc) is 2.44. The Morgan fingerprint density at radius 1 is 1.10 bits per heavy atom. The van der Waals surface area contributed by atoms with Crippen LogP contribution in [-0.2, 0) is 16.6 Å². The van der Waals surface area contributed by atoms with Gasteiger partial charge in [-0.25, -0.2) is 8.42 Å². The third-order valence-corrected chi connectivity index (χ3v) is 5.83. The van der Waals surface area contributed by atoms with E-state index in [1.54, 1.807) is 16.4 Å². The molecule has 1 aromatic rings. The van der Waals surface area contributed by atoms with Gasteiger partial charge in [-0.1, -0.05) is 38.3 Å². The first-order valence-corrected chi connectivity index (χ1v) is 9.38. The molecule has 0 aliphatic carbocycles. The Bertz CT molecular complexity index is 535. The van der Waals surface area contributed by atoms with E-state index in [1.807, 2.05) is 19.1 Å². The lowest BCUT2D eigenvalue weighted by Crippen LogP contribution is -2.33. The van der Waals surface area contributed by atoms with Gasteiger partial charge in [0, 0.05) is 19.6 Å². The van der Waals surface area contributed by atoms with E-state index in [1.165, 1.54) is 6.42 Å². The van der Waals surface area contributed by atoms with E-state index >= 15 is 0 Å². The van der Waals surface area contributed by atoms with Crippen LogP contribution in [0.25, 0.3) is 0 Å². The monoisotopic (exact) mass is 310 g/mol. The smallest absolute Gasteiger partial charge is 0.243 e. The number of sulfonamides is 1. The highest BCUT2D eigenvalue weighted by Crippen LogP contribution is 2.20. The van der Waals surface area contributed by atoms with Crippen LogP contribution in [0, 0.1) is 0 Å². The van der Waals surface area contributed by atoms with Crippen LogP contribution in [0.4, 0.5) is 0 Å². The third kappa shape index (κ3) is 4.53. The van der Waals surface area contributed by atoms with Crippen molar-refractivity contribution in [2.24, 2.45) is 0 Å². The van der Waals surface area contributed by atoms with E-state index in [0.29, 0.717) is 24.5 Å². The van der Waals surface area contributed by atoms with Gasteiger partial charge in [0.25, 0.3) is 0 Å². The number of hydrogen-bond donors (Lipinski definition) is 1. The normalized spacial score (nSPS) is 18.1. The minimum absolute atomic E-state index is 0.429. The zero-order valence-corrected chi connectivity index (χ0v) is 13.7. The van der Waals surface area contributed by atoms with Crippen molar-refractivity contribution < 1.29 is 8.42 Å². The first kappa shape index (κ1) is 16.5. The molecule has 0 saturated carbocycles. The molecule has 4 nitrogen and oxygen atoms in total. The topological polar surface area (TPSA) is 49.4 Å². The first-order chi connectivity index (χ1) is 10.1. The van der Waals surface area contributed by atoms with Gasteiger partial charge in [-0.15, -0.1) is 0 Å². The SMILES string of the molecule is CCNCc1cccc(S(=O)(=O)N2CCCCCCC2)c1. The van der Waals surface area contributed by atoms with Gasteiger partial charge in [0.2, 0.25) is 10.0 Å². The highest BCUT2D eigenvalue weighted by Gasteiger charge is 2.24. The van der Waals surface area contributed by atoms with Gasteiger partial charge in [-0.2, -0.15) is 4.31 Å². The van der Waals surface area contributed by atoms with Crippen molar-refractivity contribution in [1.29, 1.82) is 0 Å². The van der Waals surface area contributed by atoms with Gasteiger partial charge in [0.05, 0.1) is 4.90 Å². The highest BCUT2D eigenvalue weighted by atomic mass is 32.2. The second kappa shape index (κ2) is 7.92. The zero-order chi connectivity index (χ0) is 15.1. The Hall–Kier alpha value is -0.910.